The number of hydrogen-bond donors (Lipinski definition) is 0. The van der Waals surface area contributed by atoms with Crippen molar-refractivity contribution in [2.75, 3.05) is 6.61 Å². The van der Waals surface area contributed by atoms with Crippen LogP contribution >= 0.6 is 0 Å². The molecule has 0 saturated heterocycles. The Bertz CT molecular complexity index is 757. The Morgan fingerprint density at radius 3 is 2.76 bits per heavy atom. The Labute approximate surface area is 122 Å². The average molecular weight is 282 g/mol. The summed E-state index contributed by atoms with van der Waals surface area (Å²) in [6.07, 6.45) is 0.979. The molecule has 0 atom stereocenters. The van der Waals surface area contributed by atoms with Crippen LogP contribution in [-0.4, -0.2) is 22.3 Å². The van der Waals surface area contributed by atoms with Gasteiger partial charge in [0.05, 0.1) is 12.3 Å². The zero-order valence-electron chi connectivity index (χ0n) is 11.8. The molecule has 1 aromatic carbocycles. The summed E-state index contributed by atoms with van der Waals surface area (Å²) < 4.78 is 6.35. The summed E-state index contributed by atoms with van der Waals surface area (Å²) in [5.41, 5.74) is 1.77. The molecule has 0 radical (unpaired) electrons. The molecule has 0 unspecified atom stereocenters. The fraction of sp³-hybridized carbons (Fsp3) is 0.200. The SMILES string of the molecule is CCOC(=O)/N=c1/c(C#N)nc(-c2ccccc2)cn1C. The lowest BCUT2D eigenvalue weighted by Gasteiger charge is -2.06. The second-order valence-electron chi connectivity index (χ2n) is 4.20. The lowest BCUT2D eigenvalue weighted by Crippen LogP contribution is -2.25. The van der Waals surface area contributed by atoms with Crippen molar-refractivity contribution in [2.24, 2.45) is 12.0 Å². The molecule has 0 N–H and O–H groups in total. The van der Waals surface area contributed by atoms with Crippen LogP contribution in [0.15, 0.2) is 41.5 Å². The van der Waals surface area contributed by atoms with E-state index in [1.807, 2.05) is 36.4 Å². The number of amides is 1. The fourth-order valence-electron chi connectivity index (χ4n) is 1.81. The molecule has 2 rings (SSSR count). The van der Waals surface area contributed by atoms with E-state index in [0.717, 1.165) is 5.56 Å². The summed E-state index contributed by atoms with van der Waals surface area (Å²) in [7, 11) is 1.70. The second kappa shape index (κ2) is 6.48. The van der Waals surface area contributed by atoms with Crippen LogP contribution in [0.4, 0.5) is 4.79 Å². The van der Waals surface area contributed by atoms with E-state index >= 15 is 0 Å². The fourth-order valence-corrected chi connectivity index (χ4v) is 1.81. The molecule has 106 valence electrons. The molecule has 0 fully saturated rings. The van der Waals surface area contributed by atoms with Crippen LogP contribution in [-0.2, 0) is 11.8 Å². The summed E-state index contributed by atoms with van der Waals surface area (Å²) in [6.45, 7) is 1.92. The first kappa shape index (κ1) is 14.5. The largest absolute Gasteiger partial charge is 0.448 e. The number of benzene rings is 1. The minimum atomic E-state index is -0.737. The number of carbonyl (C=O) groups excluding carboxylic acids is 1. The van der Waals surface area contributed by atoms with Gasteiger partial charge in [-0.25, -0.2) is 9.78 Å². The summed E-state index contributed by atoms with van der Waals surface area (Å²) in [4.78, 5) is 19.5. The molecule has 6 heteroatoms. The van der Waals surface area contributed by atoms with E-state index in [4.69, 9.17) is 4.74 Å². The molecule has 21 heavy (non-hydrogen) atoms. The third-order valence-corrected chi connectivity index (χ3v) is 2.73. The lowest BCUT2D eigenvalue weighted by atomic mass is 10.1. The number of carbonyl (C=O) groups is 1. The summed E-state index contributed by atoms with van der Waals surface area (Å²) in [6, 6.07) is 11.4. The van der Waals surface area contributed by atoms with Gasteiger partial charge in [-0.3, -0.25) is 0 Å². The maximum atomic E-state index is 11.4. The molecule has 2 aromatic rings. The van der Waals surface area contributed by atoms with E-state index in [1.165, 1.54) is 0 Å². The van der Waals surface area contributed by atoms with Crippen molar-refractivity contribution in [2.45, 2.75) is 6.92 Å². The highest BCUT2D eigenvalue weighted by Crippen LogP contribution is 2.14. The van der Waals surface area contributed by atoms with Crippen LogP contribution in [0, 0.1) is 11.3 Å². The Balaban J connectivity index is 2.57. The van der Waals surface area contributed by atoms with Gasteiger partial charge in [0.25, 0.3) is 0 Å². The number of nitrogens with zero attached hydrogens (tertiary/aromatic N) is 4. The van der Waals surface area contributed by atoms with Crippen molar-refractivity contribution in [1.29, 1.82) is 5.26 Å². The van der Waals surface area contributed by atoms with Crippen molar-refractivity contribution in [3.63, 3.8) is 0 Å². The molecule has 0 saturated carbocycles. The van der Waals surface area contributed by atoms with Crippen molar-refractivity contribution >= 4 is 6.09 Å². The average Bonchev–Trinajstić information content (AvgIpc) is 2.50. The van der Waals surface area contributed by atoms with Crippen molar-refractivity contribution in [3.8, 4) is 17.3 Å². The number of aryl methyl sites for hydroxylation is 1. The van der Waals surface area contributed by atoms with Gasteiger partial charge < -0.3 is 9.30 Å². The first-order valence-electron chi connectivity index (χ1n) is 6.40. The van der Waals surface area contributed by atoms with Gasteiger partial charge in [-0.05, 0) is 6.92 Å². The maximum absolute atomic E-state index is 11.4. The molecule has 0 aliphatic rings. The first-order chi connectivity index (χ1) is 10.2. The minimum absolute atomic E-state index is 0.0758. The minimum Gasteiger partial charge on any atom is -0.448 e. The van der Waals surface area contributed by atoms with Crippen molar-refractivity contribution in [3.05, 3.63) is 47.7 Å². The summed E-state index contributed by atoms with van der Waals surface area (Å²) in [5.74, 6) is 0. The Kier molecular flexibility index (Phi) is 4.46. The van der Waals surface area contributed by atoms with Gasteiger partial charge in [0.15, 0.2) is 11.2 Å². The predicted molar refractivity (Wildman–Crippen MR) is 75.9 cm³/mol. The maximum Gasteiger partial charge on any atom is 0.435 e. The lowest BCUT2D eigenvalue weighted by molar-refractivity contribution is 0.162. The second-order valence-corrected chi connectivity index (χ2v) is 4.20. The number of nitriles is 1. The van der Waals surface area contributed by atoms with Crippen LogP contribution in [0.25, 0.3) is 11.3 Å². The molecule has 1 amide bonds. The van der Waals surface area contributed by atoms with E-state index in [9.17, 15) is 10.1 Å². The smallest absolute Gasteiger partial charge is 0.435 e. The van der Waals surface area contributed by atoms with Crippen LogP contribution in [0.2, 0.25) is 0 Å². The number of hydrogen-bond acceptors (Lipinski definition) is 4. The highest BCUT2D eigenvalue weighted by Gasteiger charge is 2.08. The van der Waals surface area contributed by atoms with Crippen molar-refractivity contribution in [1.82, 2.24) is 9.55 Å². The quantitative estimate of drug-likeness (QED) is 0.844. The Morgan fingerprint density at radius 2 is 2.14 bits per heavy atom. The zero-order valence-corrected chi connectivity index (χ0v) is 11.8. The molecular weight excluding hydrogens is 268 g/mol. The first-order valence-corrected chi connectivity index (χ1v) is 6.40. The molecule has 0 spiro atoms. The molecule has 0 aliphatic carbocycles. The molecule has 0 bridgehead atoms. The van der Waals surface area contributed by atoms with Crippen LogP contribution in [0.3, 0.4) is 0 Å². The summed E-state index contributed by atoms with van der Waals surface area (Å²) in [5, 5.41) is 9.22. The standard InChI is InChI=1S/C15H14N4O2/c1-3-21-15(20)18-14-12(9-16)17-13(10-19(14)2)11-7-5-4-6-8-11/h4-8,10H,3H2,1-2H3/b18-14-. The number of rotatable bonds is 2. The van der Waals surface area contributed by atoms with Gasteiger partial charge in [0.1, 0.15) is 6.07 Å². The van der Waals surface area contributed by atoms with Gasteiger partial charge in [-0.2, -0.15) is 10.3 Å². The van der Waals surface area contributed by atoms with Gasteiger partial charge >= 0.3 is 6.09 Å². The Hall–Kier alpha value is -2.94. The van der Waals surface area contributed by atoms with E-state index in [0.29, 0.717) is 5.69 Å². The van der Waals surface area contributed by atoms with Gasteiger partial charge in [0, 0.05) is 18.8 Å². The monoisotopic (exact) mass is 282 g/mol. The van der Waals surface area contributed by atoms with Gasteiger partial charge in [0.2, 0.25) is 0 Å². The summed E-state index contributed by atoms with van der Waals surface area (Å²) >= 11 is 0. The van der Waals surface area contributed by atoms with Crippen LogP contribution in [0.1, 0.15) is 12.6 Å². The van der Waals surface area contributed by atoms with E-state index in [2.05, 4.69) is 9.98 Å². The van der Waals surface area contributed by atoms with Crippen molar-refractivity contribution < 1.29 is 9.53 Å². The van der Waals surface area contributed by atoms with E-state index in [1.54, 1.807) is 24.7 Å². The zero-order chi connectivity index (χ0) is 15.2. The molecule has 0 aliphatic heterocycles. The van der Waals surface area contributed by atoms with Crippen LogP contribution in [0.5, 0.6) is 0 Å². The van der Waals surface area contributed by atoms with Gasteiger partial charge in [-0.15, -0.1) is 0 Å². The number of ether oxygens (including phenoxy) is 1. The van der Waals surface area contributed by atoms with E-state index < -0.39 is 6.09 Å². The van der Waals surface area contributed by atoms with E-state index in [-0.39, 0.29) is 17.8 Å². The molecule has 6 nitrogen and oxygen atoms in total. The third kappa shape index (κ3) is 3.34. The normalized spacial score (nSPS) is 11.0. The Morgan fingerprint density at radius 1 is 1.43 bits per heavy atom. The molecule has 1 heterocycles. The third-order valence-electron chi connectivity index (χ3n) is 2.73. The van der Waals surface area contributed by atoms with Crippen LogP contribution < -0.4 is 5.49 Å². The number of aromatic nitrogens is 2. The highest BCUT2D eigenvalue weighted by molar-refractivity contribution is 5.68. The molecule has 1 aromatic heterocycles. The van der Waals surface area contributed by atoms with Gasteiger partial charge in [-0.1, -0.05) is 30.3 Å². The molecular formula is C15H14N4O2. The predicted octanol–water partition coefficient (Wildman–Crippen LogP) is 2.02. The topological polar surface area (TPSA) is 80.3 Å². The highest BCUT2D eigenvalue weighted by atomic mass is 16.5.